The fraction of sp³-hybridized carbons (Fsp3) is 0.0870. The Morgan fingerprint density at radius 3 is 1.52 bits per heavy atom. The molecule has 0 saturated heterocycles. The van der Waals surface area contributed by atoms with Crippen LogP contribution in [0, 0.1) is 6.33 Å². The lowest BCUT2D eigenvalue weighted by Crippen LogP contribution is -2.74. The summed E-state index contributed by atoms with van der Waals surface area (Å²) in [6.07, 6.45) is 5.30. The van der Waals surface area contributed by atoms with Gasteiger partial charge in [0.15, 0.2) is 16.1 Å². The summed E-state index contributed by atoms with van der Waals surface area (Å²) in [5.41, 5.74) is 0.930. The number of rotatable bonds is 15. The van der Waals surface area contributed by atoms with E-state index in [4.69, 9.17) is 15.2 Å². The van der Waals surface area contributed by atoms with Gasteiger partial charge in [-0.1, -0.05) is 332 Å². The molecule has 0 fully saturated rings. The Bertz CT molecular complexity index is 6750. The Labute approximate surface area is 616 Å². The van der Waals surface area contributed by atoms with Crippen LogP contribution in [0.15, 0.2) is 351 Å². The fourth-order valence-corrected chi connectivity index (χ4v) is 22.0. The summed E-state index contributed by atoms with van der Waals surface area (Å²) in [5, 5.41) is 2.48. The first-order valence-electron chi connectivity index (χ1n) is 44.4. The number of ether oxygens (including phenoxy) is 1. The predicted molar refractivity (Wildman–Crippen MR) is 418 cm³/mol. The van der Waals surface area contributed by atoms with Gasteiger partial charge in [0.1, 0.15) is 17.3 Å². The molecule has 0 unspecified atom stereocenters. The van der Waals surface area contributed by atoms with Crippen molar-refractivity contribution in [3.8, 4) is 50.9 Å². The third-order valence-electron chi connectivity index (χ3n) is 18.4. The first-order chi connectivity index (χ1) is 58.3. The molecule has 3 heterocycles. The van der Waals surface area contributed by atoms with Gasteiger partial charge in [0.25, 0.3) is 6.33 Å². The van der Waals surface area contributed by atoms with Crippen LogP contribution in [0.25, 0.3) is 72.3 Å². The Morgan fingerprint density at radius 1 is 0.394 bits per heavy atom. The van der Waals surface area contributed by atoms with Gasteiger partial charge in [0.2, 0.25) is 0 Å². The summed E-state index contributed by atoms with van der Waals surface area (Å²) in [6, 6.07) is 40.6. The van der Waals surface area contributed by atoms with E-state index in [1.807, 2.05) is 48.7 Å². The van der Waals surface area contributed by atoms with Crippen LogP contribution in [-0.2, 0) is 10.8 Å². The molecule has 13 aromatic carbocycles. The monoisotopic (exact) mass is 1330 g/mol. The SMILES string of the molecule is [2H]c1c([2H])c([2H])c(-c2cc(C(C)(C)C)cc(-c3c([2H])c([2H])c([2H])c([Si](c4c([2H])c([2H])c([2H])c([2H])c4[2H])(c4c([2H])c([2H])c([2H])c([2H])c4[2H])c4c([2H])c([2H])c([2H])c([2H])c4[2H])c3[2H])c2-[n+]2[c-]n(-c3cccc(Oc4ccc5c6cc([Si](c7ccccc7)(c7ccccc7)c7ccccc7)ccc6n(-c6cc(C(C)(C)C)ccn6)c5c4)c3)c3ccccc32)c([2H])c1[2H]. The van der Waals surface area contributed by atoms with Crippen molar-refractivity contribution in [1.82, 2.24) is 14.1 Å². The van der Waals surface area contributed by atoms with Crippen LogP contribution in [0.4, 0.5) is 0 Å². The third-order valence-corrected chi connectivity index (χ3v) is 27.1. The molecule has 0 amide bonds. The van der Waals surface area contributed by atoms with E-state index < -0.39 is 198 Å². The first kappa shape index (κ1) is 40.9. The van der Waals surface area contributed by atoms with Crippen LogP contribution in [-0.4, -0.2) is 30.3 Å². The molecular formula is C92H76N4OSi2. The van der Waals surface area contributed by atoms with E-state index in [-0.39, 0.29) is 33.3 Å². The minimum absolute atomic E-state index is 0.169. The van der Waals surface area contributed by atoms with Crippen LogP contribution < -0.4 is 50.8 Å². The third kappa shape index (κ3) is 11.1. The second-order valence-corrected chi connectivity index (χ2v) is 33.6. The lowest BCUT2D eigenvalue weighted by Gasteiger charge is -2.35. The first-order valence-corrected chi connectivity index (χ1v) is 36.4. The zero-order valence-electron chi connectivity index (χ0n) is 78.8. The molecular weight excluding hydrogens is 1230 g/mol. The number of hydrogen-bond donors (Lipinski definition) is 0. The lowest BCUT2D eigenvalue weighted by atomic mass is 9.82. The molecule has 0 saturated carbocycles. The normalized spacial score (nSPS) is 15.5. The average Bonchev–Trinajstić information content (AvgIpc) is 1.49. The maximum atomic E-state index is 11.1. The molecule has 0 aliphatic rings. The van der Waals surface area contributed by atoms with Crippen LogP contribution >= 0.6 is 0 Å². The molecule has 478 valence electrons. The number of hydrogen-bond acceptors (Lipinski definition) is 2. The molecule has 5 nitrogen and oxygen atoms in total. The zero-order chi connectivity index (χ0) is 88.2. The summed E-state index contributed by atoms with van der Waals surface area (Å²) in [4.78, 5) is 5.06. The summed E-state index contributed by atoms with van der Waals surface area (Å²) in [6.45, 7) is 11.8. The van der Waals surface area contributed by atoms with Gasteiger partial charge < -0.3 is 4.74 Å². The fourth-order valence-electron chi connectivity index (χ4n) is 13.7. The molecule has 0 N–H and O–H groups in total. The van der Waals surface area contributed by atoms with Crippen molar-refractivity contribution in [1.29, 1.82) is 0 Å². The van der Waals surface area contributed by atoms with Crippen molar-refractivity contribution >= 4 is 90.5 Å². The number of nitrogens with zero attached hydrogens (tertiary/aromatic N) is 4. The zero-order valence-corrected chi connectivity index (χ0v) is 56.8. The van der Waals surface area contributed by atoms with Gasteiger partial charge in [-0.2, -0.15) is 0 Å². The Balaban J connectivity index is 0.964. The predicted octanol–water partition coefficient (Wildman–Crippen LogP) is 16.7. The van der Waals surface area contributed by atoms with E-state index in [9.17, 15) is 27.4 Å². The summed E-state index contributed by atoms with van der Waals surface area (Å²) in [5.74, 6) is 1.44. The number of imidazole rings is 1. The molecule has 99 heavy (non-hydrogen) atoms. The highest BCUT2D eigenvalue weighted by Gasteiger charge is 2.43. The maximum Gasteiger partial charge on any atom is 0.269 e. The van der Waals surface area contributed by atoms with Crippen LogP contribution in [0.3, 0.4) is 0 Å². The van der Waals surface area contributed by atoms with E-state index in [1.165, 1.54) is 26.2 Å². The molecule has 0 bridgehead atoms. The highest BCUT2D eigenvalue weighted by atomic mass is 28.3. The highest BCUT2D eigenvalue weighted by Crippen LogP contribution is 2.41. The molecule has 0 radical (unpaired) electrons. The average molecular weight is 1330 g/mol. The minimum Gasteiger partial charge on any atom is -0.458 e. The van der Waals surface area contributed by atoms with Crippen molar-refractivity contribution in [2.24, 2.45) is 0 Å². The second-order valence-electron chi connectivity index (χ2n) is 26.3. The molecule has 3 aromatic heterocycles. The van der Waals surface area contributed by atoms with Gasteiger partial charge in [-0.25, -0.2) is 4.98 Å². The van der Waals surface area contributed by atoms with Crippen molar-refractivity contribution in [3.63, 3.8) is 0 Å². The molecule has 7 heteroatoms. The topological polar surface area (TPSA) is 35.9 Å². The molecule has 0 atom stereocenters. The number of para-hydroxylation sites is 2. The Hall–Kier alpha value is -11.5. The van der Waals surface area contributed by atoms with Gasteiger partial charge in [0.05, 0.1) is 66.3 Å². The standard InChI is InChI=1S/C92H76N4OSi2/c1-91(2,3)68-56-57-93-89(61-68)96-85-55-53-80(99(76-43-22-11-23-44-76,77-45-24-12-25-46-77)78-47-26-13-27-48-78)64-84(85)81-54-52-72(63-88(81)96)97-71-36-31-35-70(62-71)94-65-95(87-51-29-28-50-86(87)94)90-82(66-32-14-7-15-33-66)59-69(92(4,5)6)60-83(90)67-34-30-49-79(58-67)98(73-37-16-8-17-38-73,74-39-18-9-19-40-74)75-41-20-10-21-42-75/h7-64H,1-6H3/i7D,8D,9D,10D,14D,15D,16D,17D,18D,19D,20D,21D,30D,32D,33D,34D,37D,38D,39D,40D,41D,42D,49D,58D. The largest absolute Gasteiger partial charge is 0.458 e. The molecule has 0 spiro atoms. The molecule has 0 aliphatic carbocycles. The van der Waals surface area contributed by atoms with E-state index >= 15 is 0 Å². The molecule has 16 rings (SSSR count). The van der Waals surface area contributed by atoms with Crippen molar-refractivity contribution < 1.29 is 42.2 Å². The number of benzene rings is 13. The van der Waals surface area contributed by atoms with Crippen LogP contribution in [0.2, 0.25) is 0 Å². The summed E-state index contributed by atoms with van der Waals surface area (Å²) in [7, 11) is -9.50. The molecule has 16 aromatic rings. The number of pyridine rings is 1. The lowest BCUT2D eigenvalue weighted by molar-refractivity contribution is -0.571. The highest BCUT2D eigenvalue weighted by molar-refractivity contribution is 7.20. The number of fused-ring (bicyclic) bond motifs is 4. The Kier molecular flexibility index (Phi) is 10.5. The van der Waals surface area contributed by atoms with Crippen LogP contribution in [0.5, 0.6) is 11.5 Å². The van der Waals surface area contributed by atoms with E-state index in [0.717, 1.165) is 32.6 Å². The van der Waals surface area contributed by atoms with Gasteiger partial charge in [0, 0.05) is 23.0 Å². The summed E-state index contributed by atoms with van der Waals surface area (Å²) >= 11 is 0. The van der Waals surface area contributed by atoms with Crippen molar-refractivity contribution in [2.45, 2.75) is 52.4 Å². The molecule has 0 aliphatic heterocycles. The quantitative estimate of drug-likeness (QED) is 0.0444. The van der Waals surface area contributed by atoms with Crippen LogP contribution in [0.1, 0.15) is 85.6 Å². The van der Waals surface area contributed by atoms with E-state index in [1.54, 1.807) is 79.9 Å². The Morgan fingerprint density at radius 2 is 0.919 bits per heavy atom. The van der Waals surface area contributed by atoms with Gasteiger partial charge in [-0.05, 0) is 134 Å². The van der Waals surface area contributed by atoms with Gasteiger partial charge in [-0.3, -0.25) is 13.7 Å². The van der Waals surface area contributed by atoms with E-state index in [2.05, 4.69) is 129 Å². The smallest absolute Gasteiger partial charge is 0.269 e. The van der Waals surface area contributed by atoms with E-state index in [0.29, 0.717) is 28.5 Å². The van der Waals surface area contributed by atoms with Gasteiger partial charge >= 0.3 is 0 Å². The van der Waals surface area contributed by atoms with Crippen molar-refractivity contribution in [2.75, 3.05) is 0 Å². The minimum atomic E-state index is -6.44. The second kappa shape index (κ2) is 25.5. The summed E-state index contributed by atoms with van der Waals surface area (Å²) < 4.78 is 242. The van der Waals surface area contributed by atoms with Gasteiger partial charge in [-0.15, -0.1) is 0 Å². The number of aromatic nitrogens is 4. The van der Waals surface area contributed by atoms with Crippen molar-refractivity contribution in [3.05, 3.63) is 369 Å². The maximum absolute atomic E-state index is 11.1.